The van der Waals surface area contributed by atoms with Crippen LogP contribution in [0.2, 0.25) is 0 Å². The van der Waals surface area contributed by atoms with Crippen molar-refractivity contribution in [3.05, 3.63) is 65.5 Å². The van der Waals surface area contributed by atoms with Crippen molar-refractivity contribution < 1.29 is 9.50 Å². The summed E-state index contributed by atoms with van der Waals surface area (Å²) in [5.74, 6) is 0.0944. The Hall–Kier alpha value is -1.87. The number of aromatic hydroxyl groups is 1. The van der Waals surface area contributed by atoms with Crippen LogP contribution in [0.4, 0.5) is 4.39 Å². The molecule has 0 aliphatic carbocycles. The standard InChI is InChI=1S/C16H18FNO/c1-18-14(9-12-5-4-7-15(19)10-12)11-13-6-2-3-8-16(13)17/h2-8,10,14,18-19H,9,11H2,1H3. The fourth-order valence-corrected chi connectivity index (χ4v) is 2.17. The third-order valence-corrected chi connectivity index (χ3v) is 3.23. The van der Waals surface area contributed by atoms with E-state index >= 15 is 0 Å². The number of halogens is 1. The monoisotopic (exact) mass is 259 g/mol. The molecule has 0 spiro atoms. The van der Waals surface area contributed by atoms with Crippen LogP contribution in [0, 0.1) is 5.82 Å². The molecular formula is C16H18FNO. The average molecular weight is 259 g/mol. The van der Waals surface area contributed by atoms with Gasteiger partial charge in [0.05, 0.1) is 0 Å². The molecule has 0 aromatic heterocycles. The highest BCUT2D eigenvalue weighted by atomic mass is 19.1. The minimum absolute atomic E-state index is 0.138. The van der Waals surface area contributed by atoms with Gasteiger partial charge >= 0.3 is 0 Å². The maximum absolute atomic E-state index is 13.6. The van der Waals surface area contributed by atoms with E-state index in [0.29, 0.717) is 12.0 Å². The lowest BCUT2D eigenvalue weighted by Gasteiger charge is -2.17. The smallest absolute Gasteiger partial charge is 0.126 e. The second-order valence-corrected chi connectivity index (χ2v) is 4.66. The first-order chi connectivity index (χ1) is 9.19. The second-order valence-electron chi connectivity index (χ2n) is 4.66. The van der Waals surface area contributed by atoms with E-state index < -0.39 is 0 Å². The van der Waals surface area contributed by atoms with Crippen molar-refractivity contribution in [2.24, 2.45) is 0 Å². The molecule has 2 rings (SSSR count). The number of hydrogen-bond donors (Lipinski definition) is 2. The van der Waals surface area contributed by atoms with Crippen LogP contribution in [0.15, 0.2) is 48.5 Å². The molecule has 2 aromatic rings. The number of rotatable bonds is 5. The van der Waals surface area contributed by atoms with Crippen LogP contribution in [0.25, 0.3) is 0 Å². The van der Waals surface area contributed by atoms with Crippen molar-refractivity contribution >= 4 is 0 Å². The first-order valence-corrected chi connectivity index (χ1v) is 6.37. The van der Waals surface area contributed by atoms with Gasteiger partial charge in [-0.15, -0.1) is 0 Å². The molecule has 2 nitrogen and oxygen atoms in total. The first-order valence-electron chi connectivity index (χ1n) is 6.37. The number of likely N-dealkylation sites (N-methyl/N-ethyl adjacent to an activating group) is 1. The van der Waals surface area contributed by atoms with Crippen molar-refractivity contribution in [1.82, 2.24) is 5.32 Å². The Kier molecular flexibility index (Phi) is 4.53. The Morgan fingerprint density at radius 1 is 1.11 bits per heavy atom. The molecule has 1 unspecified atom stereocenters. The zero-order valence-corrected chi connectivity index (χ0v) is 10.9. The van der Waals surface area contributed by atoms with Gasteiger partial charge in [0.15, 0.2) is 0 Å². The predicted octanol–water partition coefficient (Wildman–Crippen LogP) is 2.90. The fraction of sp³-hybridized carbons (Fsp3) is 0.250. The molecule has 0 bridgehead atoms. The van der Waals surface area contributed by atoms with Crippen LogP contribution in [0.1, 0.15) is 11.1 Å². The molecule has 2 aromatic carbocycles. The molecule has 0 saturated carbocycles. The van der Waals surface area contributed by atoms with E-state index in [1.165, 1.54) is 6.07 Å². The van der Waals surface area contributed by atoms with Gasteiger partial charge in [0.25, 0.3) is 0 Å². The number of phenolic OH excluding ortho intramolecular Hbond substituents is 1. The van der Waals surface area contributed by atoms with Gasteiger partial charge in [-0.2, -0.15) is 0 Å². The molecule has 0 amide bonds. The lowest BCUT2D eigenvalue weighted by molar-refractivity contribution is 0.473. The normalized spacial score (nSPS) is 12.3. The van der Waals surface area contributed by atoms with E-state index in [-0.39, 0.29) is 17.6 Å². The third-order valence-electron chi connectivity index (χ3n) is 3.23. The highest BCUT2D eigenvalue weighted by molar-refractivity contribution is 5.28. The number of nitrogens with one attached hydrogen (secondary N) is 1. The summed E-state index contributed by atoms with van der Waals surface area (Å²) < 4.78 is 13.6. The number of benzene rings is 2. The van der Waals surface area contributed by atoms with E-state index in [9.17, 15) is 9.50 Å². The fourth-order valence-electron chi connectivity index (χ4n) is 2.17. The summed E-state index contributed by atoms with van der Waals surface area (Å²) >= 11 is 0. The molecule has 0 saturated heterocycles. The molecule has 100 valence electrons. The molecule has 19 heavy (non-hydrogen) atoms. The maximum atomic E-state index is 13.6. The Morgan fingerprint density at radius 2 is 1.89 bits per heavy atom. The zero-order chi connectivity index (χ0) is 13.7. The van der Waals surface area contributed by atoms with Crippen LogP contribution in [-0.2, 0) is 12.8 Å². The third kappa shape index (κ3) is 3.80. The molecule has 0 aliphatic rings. The predicted molar refractivity (Wildman–Crippen MR) is 74.8 cm³/mol. The Labute approximate surface area is 112 Å². The lowest BCUT2D eigenvalue weighted by Crippen LogP contribution is -2.30. The number of phenols is 1. The van der Waals surface area contributed by atoms with Crippen LogP contribution in [0.5, 0.6) is 5.75 Å². The zero-order valence-electron chi connectivity index (χ0n) is 10.9. The van der Waals surface area contributed by atoms with Gasteiger partial charge in [0, 0.05) is 6.04 Å². The van der Waals surface area contributed by atoms with Gasteiger partial charge in [-0.3, -0.25) is 0 Å². The quantitative estimate of drug-likeness (QED) is 0.865. The maximum Gasteiger partial charge on any atom is 0.126 e. The van der Waals surface area contributed by atoms with E-state index in [2.05, 4.69) is 5.32 Å². The van der Waals surface area contributed by atoms with Gasteiger partial charge in [0.2, 0.25) is 0 Å². The summed E-state index contributed by atoms with van der Waals surface area (Å²) in [6.45, 7) is 0. The van der Waals surface area contributed by atoms with Crippen molar-refractivity contribution in [3.63, 3.8) is 0 Å². The molecular weight excluding hydrogens is 241 g/mol. The minimum Gasteiger partial charge on any atom is -0.508 e. The van der Waals surface area contributed by atoms with Gasteiger partial charge in [-0.25, -0.2) is 4.39 Å². The van der Waals surface area contributed by atoms with Crippen LogP contribution in [0.3, 0.4) is 0 Å². The van der Waals surface area contributed by atoms with E-state index in [4.69, 9.17) is 0 Å². The number of hydrogen-bond acceptors (Lipinski definition) is 2. The minimum atomic E-state index is -0.168. The molecule has 1 atom stereocenters. The van der Waals surface area contributed by atoms with Crippen molar-refractivity contribution in [1.29, 1.82) is 0 Å². The molecule has 0 aliphatic heterocycles. The van der Waals surface area contributed by atoms with Crippen molar-refractivity contribution in [3.8, 4) is 5.75 Å². The lowest BCUT2D eigenvalue weighted by atomic mass is 9.98. The van der Waals surface area contributed by atoms with Crippen LogP contribution >= 0.6 is 0 Å². The van der Waals surface area contributed by atoms with Crippen LogP contribution < -0.4 is 5.32 Å². The summed E-state index contributed by atoms with van der Waals surface area (Å²) in [7, 11) is 1.87. The van der Waals surface area contributed by atoms with Gasteiger partial charge in [0.1, 0.15) is 11.6 Å². The Balaban J connectivity index is 2.07. The van der Waals surface area contributed by atoms with Crippen molar-refractivity contribution in [2.45, 2.75) is 18.9 Å². The van der Waals surface area contributed by atoms with Gasteiger partial charge < -0.3 is 10.4 Å². The highest BCUT2D eigenvalue weighted by Gasteiger charge is 2.11. The van der Waals surface area contributed by atoms with Gasteiger partial charge in [-0.1, -0.05) is 30.3 Å². The molecule has 0 fully saturated rings. The SMILES string of the molecule is CNC(Cc1cccc(O)c1)Cc1ccccc1F. The largest absolute Gasteiger partial charge is 0.508 e. The van der Waals surface area contributed by atoms with E-state index in [1.807, 2.05) is 31.3 Å². The first kappa shape index (κ1) is 13.6. The van der Waals surface area contributed by atoms with Gasteiger partial charge in [-0.05, 0) is 49.2 Å². The Bertz CT molecular complexity index is 542. The van der Waals surface area contributed by atoms with E-state index in [0.717, 1.165) is 12.0 Å². The second kappa shape index (κ2) is 6.34. The summed E-state index contributed by atoms with van der Waals surface area (Å²) in [5, 5.41) is 12.6. The molecule has 2 N–H and O–H groups in total. The molecule has 3 heteroatoms. The summed E-state index contributed by atoms with van der Waals surface area (Å²) in [6, 6.07) is 14.1. The summed E-state index contributed by atoms with van der Waals surface area (Å²) in [5.41, 5.74) is 1.75. The van der Waals surface area contributed by atoms with E-state index in [1.54, 1.807) is 18.2 Å². The summed E-state index contributed by atoms with van der Waals surface area (Å²) in [6.07, 6.45) is 1.37. The molecule has 0 heterocycles. The van der Waals surface area contributed by atoms with Crippen LogP contribution in [-0.4, -0.2) is 18.2 Å². The topological polar surface area (TPSA) is 32.3 Å². The Morgan fingerprint density at radius 3 is 2.58 bits per heavy atom. The summed E-state index contributed by atoms with van der Waals surface area (Å²) in [4.78, 5) is 0. The molecule has 0 radical (unpaired) electrons. The average Bonchev–Trinajstić information content (AvgIpc) is 2.40. The highest BCUT2D eigenvalue weighted by Crippen LogP contribution is 2.15. The van der Waals surface area contributed by atoms with Crippen molar-refractivity contribution in [2.75, 3.05) is 7.05 Å².